The molecule has 0 aliphatic heterocycles. The minimum Gasteiger partial charge on any atom is -0.494 e. The smallest absolute Gasteiger partial charge is 0.142 e. The Morgan fingerprint density at radius 3 is 2.41 bits per heavy atom. The molecule has 3 aromatic carbocycles. The Kier molecular flexibility index (Phi) is 5.33. The number of fused-ring (bicyclic) bond motifs is 1. The SMILES string of the molecule is Clc1ccc(OCCCn2c(-c3ccccc3Cl)nc3ccccc32)cc1. The van der Waals surface area contributed by atoms with Crippen LogP contribution in [-0.2, 0) is 6.54 Å². The molecule has 0 fully saturated rings. The summed E-state index contributed by atoms with van der Waals surface area (Å²) in [6, 6.07) is 23.4. The number of ether oxygens (including phenoxy) is 1. The van der Waals surface area contributed by atoms with Gasteiger partial charge in [0.05, 0.1) is 22.7 Å². The van der Waals surface area contributed by atoms with Crippen LogP contribution in [0.15, 0.2) is 72.8 Å². The van der Waals surface area contributed by atoms with Gasteiger partial charge in [0.25, 0.3) is 0 Å². The van der Waals surface area contributed by atoms with E-state index < -0.39 is 0 Å². The van der Waals surface area contributed by atoms with Crippen LogP contribution in [0.25, 0.3) is 22.4 Å². The Morgan fingerprint density at radius 2 is 1.59 bits per heavy atom. The lowest BCUT2D eigenvalue weighted by atomic mass is 10.2. The van der Waals surface area contributed by atoms with Gasteiger partial charge in [-0.25, -0.2) is 4.98 Å². The van der Waals surface area contributed by atoms with Crippen LogP contribution in [-0.4, -0.2) is 16.2 Å². The van der Waals surface area contributed by atoms with Crippen molar-refractivity contribution >= 4 is 34.2 Å². The average molecular weight is 397 g/mol. The summed E-state index contributed by atoms with van der Waals surface area (Å²) in [5, 5.41) is 1.41. The molecule has 27 heavy (non-hydrogen) atoms. The van der Waals surface area contributed by atoms with Crippen LogP contribution in [0.1, 0.15) is 6.42 Å². The first-order chi connectivity index (χ1) is 13.2. The quantitative estimate of drug-likeness (QED) is 0.348. The molecule has 0 spiro atoms. The molecule has 1 aromatic heterocycles. The van der Waals surface area contributed by atoms with Gasteiger partial charge in [-0.1, -0.05) is 47.5 Å². The second-order valence-corrected chi connectivity index (χ2v) is 7.06. The first kappa shape index (κ1) is 17.9. The molecule has 0 unspecified atom stereocenters. The molecular weight excluding hydrogens is 379 g/mol. The third kappa shape index (κ3) is 3.95. The predicted molar refractivity (Wildman–Crippen MR) is 112 cm³/mol. The van der Waals surface area contributed by atoms with Gasteiger partial charge in [-0.2, -0.15) is 0 Å². The molecule has 0 saturated carbocycles. The summed E-state index contributed by atoms with van der Waals surface area (Å²) in [6.07, 6.45) is 0.848. The number of aryl methyl sites for hydroxylation is 1. The molecule has 0 saturated heterocycles. The van der Waals surface area contributed by atoms with Gasteiger partial charge in [0, 0.05) is 17.1 Å². The minimum atomic E-state index is 0.607. The maximum Gasteiger partial charge on any atom is 0.142 e. The standard InChI is InChI=1S/C22H18Cl2N2O/c23-16-10-12-17(13-11-16)27-15-5-14-26-21-9-4-3-8-20(21)25-22(26)18-6-1-2-7-19(18)24/h1-4,6-13H,5,14-15H2. The third-order valence-corrected chi connectivity index (χ3v) is 4.96. The van der Waals surface area contributed by atoms with Gasteiger partial charge in [-0.3, -0.25) is 0 Å². The highest BCUT2D eigenvalue weighted by Crippen LogP contribution is 2.30. The van der Waals surface area contributed by atoms with Gasteiger partial charge in [0.15, 0.2) is 0 Å². The van der Waals surface area contributed by atoms with Gasteiger partial charge >= 0.3 is 0 Å². The van der Waals surface area contributed by atoms with E-state index in [0.717, 1.165) is 41.1 Å². The van der Waals surface area contributed by atoms with Crippen LogP contribution in [0.4, 0.5) is 0 Å². The molecule has 0 N–H and O–H groups in total. The summed E-state index contributed by atoms with van der Waals surface area (Å²) in [7, 11) is 0. The summed E-state index contributed by atoms with van der Waals surface area (Å²) < 4.78 is 8.03. The normalized spacial score (nSPS) is 11.0. The number of nitrogens with zero attached hydrogens (tertiary/aromatic N) is 2. The van der Waals surface area contributed by atoms with Gasteiger partial charge in [-0.15, -0.1) is 0 Å². The van der Waals surface area contributed by atoms with Gasteiger partial charge in [0.2, 0.25) is 0 Å². The van der Waals surface area contributed by atoms with Crippen molar-refractivity contribution in [2.45, 2.75) is 13.0 Å². The topological polar surface area (TPSA) is 27.1 Å². The third-order valence-electron chi connectivity index (χ3n) is 4.38. The molecular formula is C22H18Cl2N2O. The Balaban J connectivity index is 1.56. The molecule has 0 aliphatic carbocycles. The zero-order chi connectivity index (χ0) is 18.6. The van der Waals surface area contributed by atoms with E-state index >= 15 is 0 Å². The van der Waals surface area contributed by atoms with E-state index in [1.54, 1.807) is 0 Å². The predicted octanol–water partition coefficient (Wildman–Crippen LogP) is 6.48. The molecule has 0 aliphatic rings. The number of hydrogen-bond acceptors (Lipinski definition) is 2. The van der Waals surface area contributed by atoms with Gasteiger partial charge in [0.1, 0.15) is 11.6 Å². The van der Waals surface area contributed by atoms with Crippen molar-refractivity contribution in [2.24, 2.45) is 0 Å². The Hall–Kier alpha value is -2.49. The molecule has 4 aromatic rings. The number of hydrogen-bond donors (Lipinski definition) is 0. The number of rotatable bonds is 6. The largest absolute Gasteiger partial charge is 0.494 e. The summed E-state index contributed by atoms with van der Waals surface area (Å²) in [4.78, 5) is 4.81. The molecule has 5 heteroatoms. The van der Waals surface area contributed by atoms with Crippen molar-refractivity contribution < 1.29 is 4.74 Å². The first-order valence-corrected chi connectivity index (χ1v) is 9.56. The molecule has 136 valence electrons. The van der Waals surface area contributed by atoms with Crippen LogP contribution in [0.2, 0.25) is 10.0 Å². The number of benzene rings is 3. The van der Waals surface area contributed by atoms with Crippen LogP contribution >= 0.6 is 23.2 Å². The number of halogens is 2. The fourth-order valence-electron chi connectivity index (χ4n) is 3.09. The highest BCUT2D eigenvalue weighted by molar-refractivity contribution is 6.33. The molecule has 1 heterocycles. The van der Waals surface area contributed by atoms with E-state index in [-0.39, 0.29) is 0 Å². The Labute approximate surface area is 168 Å². The fraction of sp³-hybridized carbons (Fsp3) is 0.136. The maximum absolute atomic E-state index is 6.42. The van der Waals surface area contributed by atoms with E-state index in [1.807, 2.05) is 66.7 Å². The molecule has 0 atom stereocenters. The molecule has 0 amide bonds. The van der Waals surface area contributed by atoms with Crippen LogP contribution in [0.3, 0.4) is 0 Å². The van der Waals surface area contributed by atoms with E-state index in [2.05, 4.69) is 10.6 Å². The van der Waals surface area contributed by atoms with Crippen molar-refractivity contribution in [3.05, 3.63) is 82.8 Å². The molecule has 4 rings (SSSR count). The molecule has 3 nitrogen and oxygen atoms in total. The van der Waals surface area contributed by atoms with E-state index in [1.165, 1.54) is 0 Å². The fourth-order valence-corrected chi connectivity index (χ4v) is 3.44. The lowest BCUT2D eigenvalue weighted by Crippen LogP contribution is -2.06. The molecule has 0 radical (unpaired) electrons. The summed E-state index contributed by atoms with van der Waals surface area (Å²) in [5.41, 5.74) is 3.00. The second kappa shape index (κ2) is 8.03. The van der Waals surface area contributed by atoms with Crippen molar-refractivity contribution in [1.82, 2.24) is 9.55 Å². The van der Waals surface area contributed by atoms with Crippen molar-refractivity contribution in [3.63, 3.8) is 0 Å². The minimum absolute atomic E-state index is 0.607. The number of para-hydroxylation sites is 2. The average Bonchev–Trinajstić information content (AvgIpc) is 3.05. The lowest BCUT2D eigenvalue weighted by Gasteiger charge is -2.11. The number of aromatic nitrogens is 2. The van der Waals surface area contributed by atoms with Crippen LogP contribution in [0.5, 0.6) is 5.75 Å². The lowest BCUT2D eigenvalue weighted by molar-refractivity contribution is 0.303. The molecule has 0 bridgehead atoms. The van der Waals surface area contributed by atoms with Crippen LogP contribution < -0.4 is 4.74 Å². The summed E-state index contributed by atoms with van der Waals surface area (Å²) in [6.45, 7) is 1.39. The zero-order valence-electron chi connectivity index (χ0n) is 14.6. The zero-order valence-corrected chi connectivity index (χ0v) is 16.1. The highest BCUT2D eigenvalue weighted by atomic mass is 35.5. The van der Waals surface area contributed by atoms with Gasteiger partial charge in [-0.05, 0) is 55.0 Å². The van der Waals surface area contributed by atoms with Crippen LogP contribution in [0, 0.1) is 0 Å². The van der Waals surface area contributed by atoms with E-state index in [4.69, 9.17) is 32.9 Å². The number of imidazole rings is 1. The first-order valence-electron chi connectivity index (χ1n) is 8.81. The maximum atomic E-state index is 6.42. The van der Waals surface area contributed by atoms with Crippen molar-refractivity contribution in [1.29, 1.82) is 0 Å². The second-order valence-electron chi connectivity index (χ2n) is 6.21. The Morgan fingerprint density at radius 1 is 0.852 bits per heavy atom. The van der Waals surface area contributed by atoms with Crippen molar-refractivity contribution in [2.75, 3.05) is 6.61 Å². The van der Waals surface area contributed by atoms with Crippen molar-refractivity contribution in [3.8, 4) is 17.1 Å². The van der Waals surface area contributed by atoms with Gasteiger partial charge < -0.3 is 9.30 Å². The summed E-state index contributed by atoms with van der Waals surface area (Å²) in [5.74, 6) is 1.70. The summed E-state index contributed by atoms with van der Waals surface area (Å²) >= 11 is 12.3. The Bertz CT molecular complexity index is 1060. The monoisotopic (exact) mass is 396 g/mol. The van der Waals surface area contributed by atoms with E-state index in [9.17, 15) is 0 Å². The van der Waals surface area contributed by atoms with E-state index in [0.29, 0.717) is 16.7 Å². The highest BCUT2D eigenvalue weighted by Gasteiger charge is 2.14.